The Bertz CT molecular complexity index is 462. The Hall–Kier alpha value is -2.12. The van der Waals surface area contributed by atoms with Gasteiger partial charge in [-0.2, -0.15) is 0 Å². The Kier molecular flexibility index (Phi) is 7.20. The second kappa shape index (κ2) is 8.93. The summed E-state index contributed by atoms with van der Waals surface area (Å²) in [5.74, 6) is -0.535. The summed E-state index contributed by atoms with van der Waals surface area (Å²) in [6.07, 6.45) is 0.331. The van der Waals surface area contributed by atoms with E-state index in [4.69, 9.17) is 10.5 Å². The SMILES string of the molecule is COCCNC(=O)CNC(=O)C(N)Cc1ccc(O)cc1. The molecule has 1 aromatic rings. The molecule has 0 heterocycles. The third-order valence-electron chi connectivity index (χ3n) is 2.78. The lowest BCUT2D eigenvalue weighted by atomic mass is 10.1. The number of aromatic hydroxyl groups is 1. The van der Waals surface area contributed by atoms with Crippen LogP contribution in [0.25, 0.3) is 0 Å². The van der Waals surface area contributed by atoms with Gasteiger partial charge in [0.15, 0.2) is 0 Å². The number of ether oxygens (including phenoxy) is 1. The fourth-order valence-corrected chi connectivity index (χ4v) is 1.63. The zero-order valence-corrected chi connectivity index (χ0v) is 12.0. The Labute approximate surface area is 123 Å². The summed E-state index contributed by atoms with van der Waals surface area (Å²) in [4.78, 5) is 23.1. The van der Waals surface area contributed by atoms with E-state index in [1.165, 1.54) is 19.2 Å². The molecule has 0 fully saturated rings. The Morgan fingerprint density at radius 3 is 2.57 bits per heavy atom. The third-order valence-corrected chi connectivity index (χ3v) is 2.78. The van der Waals surface area contributed by atoms with Crippen molar-refractivity contribution in [1.82, 2.24) is 10.6 Å². The lowest BCUT2D eigenvalue weighted by molar-refractivity contribution is -0.126. The molecule has 7 heteroatoms. The highest BCUT2D eigenvalue weighted by Gasteiger charge is 2.14. The summed E-state index contributed by atoms with van der Waals surface area (Å²) in [5, 5.41) is 14.2. The minimum Gasteiger partial charge on any atom is -0.508 e. The molecule has 0 aliphatic carbocycles. The predicted molar refractivity (Wildman–Crippen MR) is 77.7 cm³/mol. The molecule has 7 nitrogen and oxygen atoms in total. The maximum atomic E-state index is 11.8. The molecule has 1 atom stereocenters. The first-order valence-electron chi connectivity index (χ1n) is 6.59. The predicted octanol–water partition coefficient (Wildman–Crippen LogP) is -0.859. The van der Waals surface area contributed by atoms with Crippen LogP contribution in [-0.2, 0) is 20.7 Å². The van der Waals surface area contributed by atoms with Crippen LogP contribution in [0.5, 0.6) is 5.75 Å². The highest BCUT2D eigenvalue weighted by molar-refractivity contribution is 5.87. The van der Waals surface area contributed by atoms with Crippen molar-refractivity contribution in [2.24, 2.45) is 5.73 Å². The molecule has 0 spiro atoms. The van der Waals surface area contributed by atoms with Gasteiger partial charge in [0, 0.05) is 13.7 Å². The number of carbonyl (C=O) groups excluding carboxylic acids is 2. The van der Waals surface area contributed by atoms with Gasteiger partial charge < -0.3 is 26.2 Å². The summed E-state index contributed by atoms with van der Waals surface area (Å²) in [6, 6.07) is 5.70. The van der Waals surface area contributed by atoms with Crippen molar-refractivity contribution in [3.63, 3.8) is 0 Å². The monoisotopic (exact) mass is 295 g/mol. The van der Waals surface area contributed by atoms with Crippen molar-refractivity contribution >= 4 is 11.8 Å². The number of nitrogens with two attached hydrogens (primary N) is 1. The van der Waals surface area contributed by atoms with Crippen LogP contribution in [0, 0.1) is 0 Å². The number of rotatable bonds is 8. The van der Waals surface area contributed by atoms with Gasteiger partial charge >= 0.3 is 0 Å². The number of nitrogens with one attached hydrogen (secondary N) is 2. The molecule has 0 aliphatic rings. The maximum Gasteiger partial charge on any atom is 0.239 e. The molecule has 0 radical (unpaired) electrons. The molecule has 1 aromatic carbocycles. The van der Waals surface area contributed by atoms with Crippen LogP contribution >= 0.6 is 0 Å². The standard InChI is InChI=1S/C14H21N3O4/c1-21-7-6-16-13(19)9-17-14(20)12(15)8-10-2-4-11(18)5-3-10/h2-5,12,18H,6-9,15H2,1H3,(H,16,19)(H,17,20). The van der Waals surface area contributed by atoms with Gasteiger partial charge in [0.2, 0.25) is 11.8 Å². The zero-order valence-electron chi connectivity index (χ0n) is 12.0. The van der Waals surface area contributed by atoms with Gasteiger partial charge in [0.1, 0.15) is 5.75 Å². The van der Waals surface area contributed by atoms with E-state index in [0.29, 0.717) is 19.6 Å². The second-order valence-corrected chi connectivity index (χ2v) is 4.54. The molecule has 0 saturated heterocycles. The topological polar surface area (TPSA) is 114 Å². The van der Waals surface area contributed by atoms with Crippen LogP contribution in [-0.4, -0.2) is 49.8 Å². The molecule has 2 amide bonds. The Balaban J connectivity index is 2.30. The number of carbonyl (C=O) groups is 2. The second-order valence-electron chi connectivity index (χ2n) is 4.54. The molecule has 1 unspecified atom stereocenters. The highest BCUT2D eigenvalue weighted by Crippen LogP contribution is 2.10. The molecule has 0 bridgehead atoms. The lowest BCUT2D eigenvalue weighted by Gasteiger charge is -2.12. The fourth-order valence-electron chi connectivity index (χ4n) is 1.63. The van der Waals surface area contributed by atoms with Gasteiger partial charge in [-0.1, -0.05) is 12.1 Å². The summed E-state index contributed by atoms with van der Waals surface area (Å²) >= 11 is 0. The van der Waals surface area contributed by atoms with Crippen LogP contribution in [0.1, 0.15) is 5.56 Å². The van der Waals surface area contributed by atoms with Crippen LogP contribution in [0.3, 0.4) is 0 Å². The van der Waals surface area contributed by atoms with Gasteiger partial charge in [-0.25, -0.2) is 0 Å². The molecule has 0 saturated carbocycles. The Morgan fingerprint density at radius 2 is 1.95 bits per heavy atom. The lowest BCUT2D eigenvalue weighted by Crippen LogP contribution is -2.46. The van der Waals surface area contributed by atoms with Crippen molar-refractivity contribution < 1.29 is 19.4 Å². The first kappa shape index (κ1) is 16.9. The number of hydrogen-bond acceptors (Lipinski definition) is 5. The van der Waals surface area contributed by atoms with Crippen molar-refractivity contribution in [1.29, 1.82) is 0 Å². The number of phenols is 1. The molecule has 5 N–H and O–H groups in total. The smallest absolute Gasteiger partial charge is 0.239 e. The van der Waals surface area contributed by atoms with E-state index in [9.17, 15) is 14.7 Å². The van der Waals surface area contributed by atoms with Crippen LogP contribution in [0.15, 0.2) is 24.3 Å². The number of phenolic OH excluding ortho intramolecular Hbond substituents is 1. The number of benzene rings is 1. The minimum absolute atomic E-state index is 0.119. The average molecular weight is 295 g/mol. The molecular weight excluding hydrogens is 274 g/mol. The molecule has 116 valence electrons. The highest BCUT2D eigenvalue weighted by atomic mass is 16.5. The fraction of sp³-hybridized carbons (Fsp3) is 0.429. The van der Waals surface area contributed by atoms with Crippen molar-refractivity contribution in [2.45, 2.75) is 12.5 Å². The van der Waals surface area contributed by atoms with E-state index in [-0.39, 0.29) is 18.2 Å². The van der Waals surface area contributed by atoms with Gasteiger partial charge in [-0.3, -0.25) is 9.59 Å². The van der Waals surface area contributed by atoms with Gasteiger partial charge in [0.25, 0.3) is 0 Å². The molecule has 1 rings (SSSR count). The van der Waals surface area contributed by atoms with Gasteiger partial charge in [-0.05, 0) is 24.1 Å². The van der Waals surface area contributed by atoms with E-state index >= 15 is 0 Å². The van der Waals surface area contributed by atoms with Crippen molar-refractivity contribution in [3.8, 4) is 5.75 Å². The van der Waals surface area contributed by atoms with Crippen molar-refractivity contribution in [3.05, 3.63) is 29.8 Å². The van der Waals surface area contributed by atoms with E-state index < -0.39 is 11.9 Å². The quantitative estimate of drug-likeness (QED) is 0.466. The maximum absolute atomic E-state index is 11.8. The first-order chi connectivity index (χ1) is 10.0. The molecule has 21 heavy (non-hydrogen) atoms. The van der Waals surface area contributed by atoms with E-state index in [1.807, 2.05) is 0 Å². The third kappa shape index (κ3) is 6.73. The zero-order chi connectivity index (χ0) is 15.7. The summed E-state index contributed by atoms with van der Waals surface area (Å²) in [7, 11) is 1.54. The number of amides is 2. The van der Waals surface area contributed by atoms with Crippen LogP contribution in [0.4, 0.5) is 0 Å². The molecular formula is C14H21N3O4. The number of hydrogen-bond donors (Lipinski definition) is 4. The van der Waals surface area contributed by atoms with E-state index in [2.05, 4.69) is 10.6 Å². The summed E-state index contributed by atoms with van der Waals surface area (Å²) < 4.78 is 4.79. The van der Waals surface area contributed by atoms with Crippen LogP contribution in [0.2, 0.25) is 0 Å². The average Bonchev–Trinajstić information content (AvgIpc) is 2.47. The van der Waals surface area contributed by atoms with Gasteiger partial charge in [-0.15, -0.1) is 0 Å². The Morgan fingerprint density at radius 1 is 1.29 bits per heavy atom. The summed E-state index contributed by atoms with van der Waals surface area (Å²) in [5.41, 5.74) is 6.60. The van der Waals surface area contributed by atoms with E-state index in [1.54, 1.807) is 12.1 Å². The molecule has 0 aromatic heterocycles. The first-order valence-corrected chi connectivity index (χ1v) is 6.59. The van der Waals surface area contributed by atoms with Crippen molar-refractivity contribution in [2.75, 3.05) is 26.8 Å². The normalized spacial score (nSPS) is 11.7. The van der Waals surface area contributed by atoms with Gasteiger partial charge in [0.05, 0.1) is 19.2 Å². The largest absolute Gasteiger partial charge is 0.508 e. The van der Waals surface area contributed by atoms with Crippen LogP contribution < -0.4 is 16.4 Å². The minimum atomic E-state index is -0.749. The number of methoxy groups -OCH3 is 1. The molecule has 0 aliphatic heterocycles. The van der Waals surface area contributed by atoms with E-state index in [0.717, 1.165) is 5.56 Å². The summed E-state index contributed by atoms with van der Waals surface area (Å²) in [6.45, 7) is 0.691.